The molecule has 0 aliphatic carbocycles. The average Bonchev–Trinajstić information content (AvgIpc) is 2.77. The molecule has 2 aromatic rings. The van der Waals surface area contributed by atoms with Crippen molar-refractivity contribution in [2.24, 2.45) is 5.92 Å². The molecular formula is C25H28F2N4O2. The van der Waals surface area contributed by atoms with Crippen LogP contribution < -0.4 is 21.3 Å². The molecule has 2 amide bonds. The largest absolute Gasteiger partial charge is 0.369 e. The Hall–Kier alpha value is -3.26. The molecule has 33 heavy (non-hydrogen) atoms. The Balaban J connectivity index is 1.50. The third-order valence-corrected chi connectivity index (χ3v) is 6.42. The van der Waals surface area contributed by atoms with Gasteiger partial charge in [0.1, 0.15) is 11.6 Å². The number of amides is 2. The lowest BCUT2D eigenvalue weighted by Gasteiger charge is -2.44. The van der Waals surface area contributed by atoms with Crippen LogP contribution in [-0.4, -0.2) is 30.6 Å². The van der Waals surface area contributed by atoms with E-state index in [1.165, 1.54) is 6.07 Å². The zero-order chi connectivity index (χ0) is 23.5. The molecule has 0 radical (unpaired) electrons. The highest BCUT2D eigenvalue weighted by Gasteiger charge is 2.41. The molecule has 0 bridgehead atoms. The van der Waals surface area contributed by atoms with Crippen molar-refractivity contribution < 1.29 is 18.4 Å². The predicted octanol–water partition coefficient (Wildman–Crippen LogP) is 3.39. The van der Waals surface area contributed by atoms with Gasteiger partial charge in [-0.25, -0.2) is 8.78 Å². The molecule has 174 valence electrons. The van der Waals surface area contributed by atoms with Crippen LogP contribution in [0, 0.1) is 17.6 Å². The van der Waals surface area contributed by atoms with Crippen LogP contribution in [0.15, 0.2) is 59.7 Å². The normalized spacial score (nSPS) is 23.4. The predicted molar refractivity (Wildman–Crippen MR) is 122 cm³/mol. The Morgan fingerprint density at radius 3 is 2.67 bits per heavy atom. The molecule has 0 aromatic heterocycles. The Kier molecular flexibility index (Phi) is 6.74. The van der Waals surface area contributed by atoms with Crippen molar-refractivity contribution in [3.05, 3.63) is 76.9 Å². The molecule has 3 unspecified atom stereocenters. The summed E-state index contributed by atoms with van der Waals surface area (Å²) in [6.45, 7) is 4.28. The summed E-state index contributed by atoms with van der Waals surface area (Å²) in [6.07, 6.45) is 0.574. The van der Waals surface area contributed by atoms with E-state index in [1.807, 2.05) is 37.3 Å². The summed E-state index contributed by atoms with van der Waals surface area (Å²) in [5.41, 5.74) is 2.44. The molecule has 4 rings (SSSR count). The SMILES string of the molecule is CC1=C(CC(=O)N[C@@H](C)c2ccc(F)cc2F)C(=O)NC2CCNC(Nc3ccccc3)C12. The van der Waals surface area contributed by atoms with E-state index < -0.39 is 23.6 Å². The number of anilines is 1. The fourth-order valence-corrected chi connectivity index (χ4v) is 4.74. The average molecular weight is 455 g/mol. The number of carbonyl (C=O) groups excluding carboxylic acids is 2. The second-order valence-electron chi connectivity index (χ2n) is 8.63. The van der Waals surface area contributed by atoms with Gasteiger partial charge in [0.05, 0.1) is 18.6 Å². The molecule has 8 heteroatoms. The van der Waals surface area contributed by atoms with Gasteiger partial charge < -0.3 is 16.0 Å². The molecule has 4 atom stereocenters. The van der Waals surface area contributed by atoms with Crippen LogP contribution in [0.1, 0.15) is 38.3 Å². The summed E-state index contributed by atoms with van der Waals surface area (Å²) in [5, 5.41) is 12.8. The van der Waals surface area contributed by atoms with Crippen LogP contribution in [-0.2, 0) is 9.59 Å². The second kappa shape index (κ2) is 9.70. The van der Waals surface area contributed by atoms with E-state index in [4.69, 9.17) is 0 Å². The van der Waals surface area contributed by atoms with Crippen molar-refractivity contribution in [2.75, 3.05) is 11.9 Å². The highest BCUT2D eigenvalue weighted by molar-refractivity contribution is 6.00. The Bertz CT molecular complexity index is 1070. The Morgan fingerprint density at radius 2 is 1.94 bits per heavy atom. The third kappa shape index (κ3) is 5.06. The summed E-state index contributed by atoms with van der Waals surface area (Å²) in [7, 11) is 0. The van der Waals surface area contributed by atoms with Crippen molar-refractivity contribution in [1.29, 1.82) is 0 Å². The number of fused-ring (bicyclic) bond motifs is 1. The number of hydrogen-bond acceptors (Lipinski definition) is 4. The molecule has 2 heterocycles. The number of carbonyl (C=O) groups is 2. The van der Waals surface area contributed by atoms with Crippen LogP contribution in [0.3, 0.4) is 0 Å². The van der Waals surface area contributed by atoms with E-state index in [2.05, 4.69) is 21.3 Å². The molecule has 2 aliphatic heterocycles. The minimum atomic E-state index is -0.723. The number of rotatable bonds is 6. The zero-order valence-corrected chi connectivity index (χ0v) is 18.6. The van der Waals surface area contributed by atoms with Crippen molar-refractivity contribution in [1.82, 2.24) is 16.0 Å². The van der Waals surface area contributed by atoms with Crippen LogP contribution >= 0.6 is 0 Å². The molecule has 1 fully saturated rings. The molecule has 2 aromatic carbocycles. The number of benzene rings is 2. The zero-order valence-electron chi connectivity index (χ0n) is 18.6. The number of hydrogen-bond donors (Lipinski definition) is 4. The maximum Gasteiger partial charge on any atom is 0.247 e. The van der Waals surface area contributed by atoms with Crippen LogP contribution in [0.2, 0.25) is 0 Å². The van der Waals surface area contributed by atoms with E-state index in [0.717, 1.165) is 36.4 Å². The highest BCUT2D eigenvalue weighted by atomic mass is 19.1. The Morgan fingerprint density at radius 1 is 1.18 bits per heavy atom. The molecule has 0 spiro atoms. The summed E-state index contributed by atoms with van der Waals surface area (Å²) in [5.74, 6) is -2.06. The molecule has 6 nitrogen and oxygen atoms in total. The fourth-order valence-electron chi connectivity index (χ4n) is 4.74. The maximum atomic E-state index is 14.1. The maximum absolute atomic E-state index is 14.1. The quantitative estimate of drug-likeness (QED) is 0.539. The number of piperidine rings is 1. The molecule has 1 saturated heterocycles. The number of para-hydroxylation sites is 1. The number of halogens is 2. The lowest BCUT2D eigenvalue weighted by atomic mass is 9.78. The van der Waals surface area contributed by atoms with Crippen molar-refractivity contribution >= 4 is 17.5 Å². The van der Waals surface area contributed by atoms with Crippen molar-refractivity contribution in [3.8, 4) is 0 Å². The van der Waals surface area contributed by atoms with Crippen molar-refractivity contribution in [3.63, 3.8) is 0 Å². The summed E-state index contributed by atoms with van der Waals surface area (Å²) < 4.78 is 27.2. The molecule has 2 aliphatic rings. The van der Waals surface area contributed by atoms with Crippen LogP contribution in [0.25, 0.3) is 0 Å². The summed E-state index contributed by atoms with van der Waals surface area (Å²) in [6, 6.07) is 12.4. The lowest BCUT2D eigenvalue weighted by Crippen LogP contribution is -2.60. The van der Waals surface area contributed by atoms with E-state index in [1.54, 1.807) is 6.92 Å². The van der Waals surface area contributed by atoms with Gasteiger partial charge in [-0.05, 0) is 45.0 Å². The van der Waals surface area contributed by atoms with Gasteiger partial charge in [-0.3, -0.25) is 14.9 Å². The molecular weight excluding hydrogens is 426 g/mol. The first-order chi connectivity index (χ1) is 15.8. The topological polar surface area (TPSA) is 82.3 Å². The highest BCUT2D eigenvalue weighted by Crippen LogP contribution is 2.33. The van der Waals surface area contributed by atoms with Gasteiger partial charge >= 0.3 is 0 Å². The van der Waals surface area contributed by atoms with E-state index >= 15 is 0 Å². The first kappa shape index (κ1) is 22.9. The lowest BCUT2D eigenvalue weighted by molar-refractivity contribution is -0.124. The molecule has 0 saturated carbocycles. The van der Waals surface area contributed by atoms with Gasteiger partial charge in [0, 0.05) is 34.9 Å². The third-order valence-electron chi connectivity index (χ3n) is 6.42. The minimum Gasteiger partial charge on any atom is -0.369 e. The smallest absolute Gasteiger partial charge is 0.247 e. The Labute approximate surface area is 191 Å². The van der Waals surface area contributed by atoms with Crippen LogP contribution in [0.4, 0.5) is 14.5 Å². The number of nitrogens with one attached hydrogen (secondary N) is 4. The van der Waals surface area contributed by atoms with Gasteiger partial charge in [-0.2, -0.15) is 0 Å². The first-order valence-electron chi connectivity index (χ1n) is 11.1. The van der Waals surface area contributed by atoms with Gasteiger partial charge in [-0.15, -0.1) is 0 Å². The molecule has 4 N–H and O–H groups in total. The van der Waals surface area contributed by atoms with Gasteiger partial charge in [0.2, 0.25) is 11.8 Å². The standard InChI is InChI=1S/C25H28F2N4O2/c1-14-19(13-22(32)29-15(2)18-9-8-16(26)12-20(18)27)25(33)31-21-10-11-28-24(23(14)21)30-17-6-4-3-5-7-17/h3-9,12,15,21,23-24,28,30H,10-11,13H2,1-2H3,(H,29,32)(H,31,33)/t15-,21?,23?,24?/m0/s1. The first-order valence-corrected chi connectivity index (χ1v) is 11.1. The summed E-state index contributed by atoms with van der Waals surface area (Å²) >= 11 is 0. The fraction of sp³-hybridized carbons (Fsp3) is 0.360. The monoisotopic (exact) mass is 454 g/mol. The minimum absolute atomic E-state index is 0.0218. The second-order valence-corrected chi connectivity index (χ2v) is 8.63. The van der Waals surface area contributed by atoms with E-state index in [-0.39, 0.29) is 36.0 Å². The summed E-state index contributed by atoms with van der Waals surface area (Å²) in [4.78, 5) is 25.6. The van der Waals surface area contributed by atoms with E-state index in [9.17, 15) is 18.4 Å². The van der Waals surface area contributed by atoms with Gasteiger partial charge in [0.15, 0.2) is 0 Å². The van der Waals surface area contributed by atoms with Gasteiger partial charge in [0.25, 0.3) is 0 Å². The van der Waals surface area contributed by atoms with Crippen molar-refractivity contribution in [2.45, 2.75) is 44.9 Å². The van der Waals surface area contributed by atoms with Gasteiger partial charge in [-0.1, -0.05) is 29.8 Å². The van der Waals surface area contributed by atoms with Crippen LogP contribution in [0.5, 0.6) is 0 Å². The van der Waals surface area contributed by atoms with E-state index in [0.29, 0.717) is 5.57 Å².